The zero-order valence-electron chi connectivity index (χ0n) is 15.4. The van der Waals surface area contributed by atoms with Crippen LogP contribution in [0, 0.1) is 5.82 Å². The van der Waals surface area contributed by atoms with Crippen LogP contribution in [0.4, 0.5) is 14.9 Å². The van der Waals surface area contributed by atoms with Crippen molar-refractivity contribution in [1.82, 2.24) is 10.2 Å². The number of carbonyl (C=O) groups is 3. The quantitative estimate of drug-likeness (QED) is 0.557. The first-order chi connectivity index (χ1) is 13.9. The van der Waals surface area contributed by atoms with Gasteiger partial charge in [0.05, 0.1) is 12.3 Å². The molecule has 0 radical (unpaired) electrons. The number of imide groups is 1. The first-order valence-corrected chi connectivity index (χ1v) is 9.08. The van der Waals surface area contributed by atoms with Crippen molar-refractivity contribution in [3.63, 3.8) is 0 Å². The van der Waals surface area contributed by atoms with E-state index in [1.807, 2.05) is 6.92 Å². The van der Waals surface area contributed by atoms with E-state index in [1.165, 1.54) is 24.3 Å². The van der Waals surface area contributed by atoms with Crippen molar-refractivity contribution in [2.75, 3.05) is 18.5 Å². The van der Waals surface area contributed by atoms with Gasteiger partial charge in [0.1, 0.15) is 23.8 Å². The highest BCUT2D eigenvalue weighted by Crippen LogP contribution is 2.26. The topological polar surface area (TPSA) is 87.7 Å². The van der Waals surface area contributed by atoms with Crippen molar-refractivity contribution < 1.29 is 23.5 Å². The smallest absolute Gasteiger partial charge is 0.329 e. The molecule has 7 nitrogen and oxygen atoms in total. The van der Waals surface area contributed by atoms with Gasteiger partial charge in [0.25, 0.3) is 5.91 Å². The highest BCUT2D eigenvalue weighted by Gasteiger charge is 2.35. The molecule has 0 spiro atoms. The van der Waals surface area contributed by atoms with Crippen molar-refractivity contribution in [3.05, 3.63) is 64.6 Å². The molecule has 0 aliphatic carbocycles. The largest absolute Gasteiger partial charge is 0.493 e. The molecule has 0 saturated carbocycles. The standard InChI is InChI=1S/C20H17ClFN3O4/c1-2-29-17-8-7-13(21)9-12(17)10-16-19(27)25(20(28)24-16)11-18(26)23-15-6-4-3-5-14(15)22/h3-10H,2,11H2,1H3,(H,23,26)(H,24,28). The van der Waals surface area contributed by atoms with Crippen LogP contribution < -0.4 is 15.4 Å². The predicted octanol–water partition coefficient (Wildman–Crippen LogP) is 3.41. The van der Waals surface area contributed by atoms with Crippen LogP contribution in [0.5, 0.6) is 5.75 Å². The number of nitrogens with zero attached hydrogens (tertiary/aromatic N) is 1. The Morgan fingerprint density at radius 1 is 1.28 bits per heavy atom. The molecule has 9 heteroatoms. The molecular weight excluding hydrogens is 401 g/mol. The summed E-state index contributed by atoms with van der Waals surface area (Å²) in [6.07, 6.45) is 1.42. The molecule has 0 aromatic heterocycles. The van der Waals surface area contributed by atoms with Gasteiger partial charge in [-0.3, -0.25) is 9.59 Å². The molecule has 0 atom stereocenters. The Labute approximate surface area is 171 Å². The number of hydrogen-bond acceptors (Lipinski definition) is 4. The zero-order valence-corrected chi connectivity index (χ0v) is 16.1. The van der Waals surface area contributed by atoms with Crippen LogP contribution in [0.25, 0.3) is 6.08 Å². The Morgan fingerprint density at radius 2 is 2.03 bits per heavy atom. The molecule has 0 unspecified atom stereocenters. The van der Waals surface area contributed by atoms with E-state index in [2.05, 4.69) is 10.6 Å². The van der Waals surface area contributed by atoms with Crippen LogP contribution >= 0.6 is 11.6 Å². The van der Waals surface area contributed by atoms with Gasteiger partial charge in [-0.2, -0.15) is 0 Å². The van der Waals surface area contributed by atoms with E-state index in [0.717, 1.165) is 4.90 Å². The molecule has 3 rings (SSSR count). The van der Waals surface area contributed by atoms with Crippen LogP contribution in [0.2, 0.25) is 5.02 Å². The van der Waals surface area contributed by atoms with E-state index in [-0.39, 0.29) is 11.4 Å². The first-order valence-electron chi connectivity index (χ1n) is 8.70. The van der Waals surface area contributed by atoms with Crippen LogP contribution in [-0.4, -0.2) is 35.9 Å². The zero-order chi connectivity index (χ0) is 21.0. The van der Waals surface area contributed by atoms with Crippen LogP contribution in [0.3, 0.4) is 0 Å². The van der Waals surface area contributed by atoms with Crippen molar-refractivity contribution in [1.29, 1.82) is 0 Å². The van der Waals surface area contributed by atoms with Crippen LogP contribution in [0.15, 0.2) is 48.2 Å². The number of rotatable bonds is 6. The number of carbonyl (C=O) groups excluding carboxylic acids is 3. The lowest BCUT2D eigenvalue weighted by Gasteiger charge is -2.12. The first kappa shape index (κ1) is 20.3. The number of halogens is 2. The maximum Gasteiger partial charge on any atom is 0.329 e. The molecule has 1 heterocycles. The normalized spacial score (nSPS) is 14.9. The number of para-hydroxylation sites is 1. The fraction of sp³-hybridized carbons (Fsp3) is 0.150. The summed E-state index contributed by atoms with van der Waals surface area (Å²) in [4.78, 5) is 37.6. The average Bonchev–Trinajstić information content (AvgIpc) is 2.93. The molecule has 1 aliphatic rings. The summed E-state index contributed by atoms with van der Waals surface area (Å²) in [6, 6.07) is 9.71. The van der Waals surface area contributed by atoms with Crippen molar-refractivity contribution in [2.24, 2.45) is 0 Å². The van der Waals surface area contributed by atoms with Crippen molar-refractivity contribution in [2.45, 2.75) is 6.92 Å². The molecule has 0 bridgehead atoms. The van der Waals surface area contributed by atoms with Gasteiger partial charge in [-0.1, -0.05) is 23.7 Å². The lowest BCUT2D eigenvalue weighted by Crippen LogP contribution is -2.38. The molecule has 1 fully saturated rings. The Kier molecular flexibility index (Phi) is 6.13. The Hall–Kier alpha value is -3.39. The molecule has 29 heavy (non-hydrogen) atoms. The van der Waals surface area contributed by atoms with Crippen LogP contribution in [0.1, 0.15) is 12.5 Å². The Bertz CT molecular complexity index is 1010. The lowest BCUT2D eigenvalue weighted by atomic mass is 10.1. The third-order valence-corrected chi connectivity index (χ3v) is 4.22. The molecule has 2 aromatic rings. The Balaban J connectivity index is 1.76. The van der Waals surface area contributed by atoms with E-state index in [0.29, 0.717) is 22.9 Å². The highest BCUT2D eigenvalue weighted by molar-refractivity contribution is 6.30. The number of urea groups is 1. The van der Waals surface area contributed by atoms with Gasteiger partial charge in [0.2, 0.25) is 5.91 Å². The molecule has 150 valence electrons. The second kappa shape index (κ2) is 8.74. The second-order valence-electron chi connectivity index (χ2n) is 6.02. The molecule has 2 aromatic carbocycles. The van der Waals surface area contributed by atoms with Crippen LogP contribution in [-0.2, 0) is 9.59 Å². The fourth-order valence-corrected chi connectivity index (χ4v) is 2.87. The summed E-state index contributed by atoms with van der Waals surface area (Å²) in [5.74, 6) is -1.54. The SMILES string of the molecule is CCOc1ccc(Cl)cc1C=C1NC(=O)N(CC(=O)Nc2ccccc2F)C1=O. The van der Waals surface area contributed by atoms with Gasteiger partial charge in [0, 0.05) is 10.6 Å². The summed E-state index contributed by atoms with van der Waals surface area (Å²) in [5.41, 5.74) is 0.429. The second-order valence-corrected chi connectivity index (χ2v) is 6.46. The number of amides is 4. The van der Waals surface area contributed by atoms with Gasteiger partial charge >= 0.3 is 6.03 Å². The maximum atomic E-state index is 13.6. The average molecular weight is 418 g/mol. The minimum Gasteiger partial charge on any atom is -0.493 e. The van der Waals surface area contributed by atoms with Gasteiger partial charge in [-0.15, -0.1) is 0 Å². The van der Waals surface area contributed by atoms with E-state index in [1.54, 1.807) is 24.3 Å². The summed E-state index contributed by atoms with van der Waals surface area (Å²) < 4.78 is 19.1. The molecule has 2 N–H and O–H groups in total. The molecule has 4 amide bonds. The fourth-order valence-electron chi connectivity index (χ4n) is 2.69. The minimum atomic E-state index is -0.759. The van der Waals surface area contributed by atoms with E-state index < -0.39 is 30.2 Å². The van der Waals surface area contributed by atoms with Gasteiger partial charge in [-0.05, 0) is 43.3 Å². The number of benzene rings is 2. The maximum absolute atomic E-state index is 13.6. The van der Waals surface area contributed by atoms with Gasteiger partial charge in [-0.25, -0.2) is 14.1 Å². The third-order valence-electron chi connectivity index (χ3n) is 3.98. The summed E-state index contributed by atoms with van der Waals surface area (Å²) in [7, 11) is 0. The summed E-state index contributed by atoms with van der Waals surface area (Å²) in [6.45, 7) is 1.65. The molecule has 1 aliphatic heterocycles. The van der Waals surface area contributed by atoms with E-state index >= 15 is 0 Å². The third kappa shape index (κ3) is 4.72. The number of nitrogens with one attached hydrogen (secondary N) is 2. The summed E-state index contributed by atoms with van der Waals surface area (Å²) >= 11 is 6.00. The van der Waals surface area contributed by atoms with Gasteiger partial charge < -0.3 is 15.4 Å². The van der Waals surface area contributed by atoms with E-state index in [9.17, 15) is 18.8 Å². The predicted molar refractivity (Wildman–Crippen MR) is 106 cm³/mol. The number of ether oxygens (including phenoxy) is 1. The summed E-state index contributed by atoms with van der Waals surface area (Å²) in [5, 5.41) is 5.18. The molecule has 1 saturated heterocycles. The molecular formula is C20H17ClFN3O4. The van der Waals surface area contributed by atoms with E-state index in [4.69, 9.17) is 16.3 Å². The number of hydrogen-bond donors (Lipinski definition) is 2. The Morgan fingerprint density at radius 3 is 2.76 bits per heavy atom. The lowest BCUT2D eigenvalue weighted by molar-refractivity contribution is -0.127. The van der Waals surface area contributed by atoms with Gasteiger partial charge in [0.15, 0.2) is 0 Å². The number of anilines is 1. The van der Waals surface area contributed by atoms with Crippen molar-refractivity contribution in [3.8, 4) is 5.75 Å². The minimum absolute atomic E-state index is 0.0306. The van der Waals surface area contributed by atoms with Crippen molar-refractivity contribution >= 4 is 41.2 Å². The monoisotopic (exact) mass is 417 g/mol. The highest BCUT2D eigenvalue weighted by atomic mass is 35.5.